The number of amides is 1. The molecule has 1 atom stereocenters. The molecule has 5 nitrogen and oxygen atoms in total. The van der Waals surface area contributed by atoms with Gasteiger partial charge >= 0.3 is 5.97 Å². The molecule has 122 valence electrons. The number of carbonyl (C=O) groups excluding carboxylic acids is 1. The lowest BCUT2D eigenvalue weighted by Gasteiger charge is -2.10. The molecule has 0 radical (unpaired) electrons. The van der Waals surface area contributed by atoms with Gasteiger partial charge in [-0.2, -0.15) is 0 Å². The van der Waals surface area contributed by atoms with E-state index in [0.29, 0.717) is 9.90 Å². The molecule has 1 heterocycles. The molecule has 0 saturated heterocycles. The third-order valence-corrected chi connectivity index (χ3v) is 4.76. The summed E-state index contributed by atoms with van der Waals surface area (Å²) >= 11 is 7.34. The van der Waals surface area contributed by atoms with E-state index in [1.165, 1.54) is 18.4 Å². The van der Waals surface area contributed by atoms with Crippen molar-refractivity contribution in [2.45, 2.75) is 13.0 Å². The first-order valence-electron chi connectivity index (χ1n) is 6.82. The summed E-state index contributed by atoms with van der Waals surface area (Å²) in [5.41, 5.74) is 1.91. The number of methoxy groups -OCH3 is 1. The third-order valence-electron chi connectivity index (χ3n) is 3.24. The van der Waals surface area contributed by atoms with Crippen LogP contribution in [0, 0.1) is 6.92 Å². The fraction of sp³-hybridized carbons (Fsp3) is 0.250. The Bertz CT molecular complexity index is 729. The Labute approximate surface area is 142 Å². The summed E-state index contributed by atoms with van der Waals surface area (Å²) in [6.07, 6.45) is -1.06. The van der Waals surface area contributed by atoms with Crippen LogP contribution in [0.2, 0.25) is 5.02 Å². The quantitative estimate of drug-likeness (QED) is 0.836. The van der Waals surface area contributed by atoms with Gasteiger partial charge in [-0.05, 0) is 36.2 Å². The van der Waals surface area contributed by atoms with Crippen molar-refractivity contribution >= 4 is 34.8 Å². The molecule has 0 saturated carbocycles. The maximum atomic E-state index is 12.2. The van der Waals surface area contributed by atoms with E-state index >= 15 is 0 Å². The van der Waals surface area contributed by atoms with Gasteiger partial charge in [0.25, 0.3) is 5.91 Å². The van der Waals surface area contributed by atoms with Crippen molar-refractivity contribution in [3.63, 3.8) is 0 Å². The lowest BCUT2D eigenvalue weighted by atomic mass is 10.1. The van der Waals surface area contributed by atoms with Gasteiger partial charge in [0.1, 0.15) is 0 Å². The number of nitrogens with one attached hydrogen (secondary N) is 1. The van der Waals surface area contributed by atoms with E-state index in [1.807, 2.05) is 25.1 Å². The first-order valence-corrected chi connectivity index (χ1v) is 8.02. The highest BCUT2D eigenvalue weighted by Crippen LogP contribution is 2.33. The van der Waals surface area contributed by atoms with Gasteiger partial charge in [0, 0.05) is 17.0 Å². The standard InChI is InChI=1S/C16H16ClNO4S/c1-9-6-13(15(19)18-8-12(22-2)16(20)21)23-14(9)10-4-3-5-11(17)7-10/h3-7,12H,8H2,1-2H3,(H,18,19)(H,20,21). The normalized spacial score (nSPS) is 12.0. The lowest BCUT2D eigenvalue weighted by molar-refractivity contribution is -0.148. The summed E-state index contributed by atoms with van der Waals surface area (Å²) in [4.78, 5) is 24.5. The zero-order valence-electron chi connectivity index (χ0n) is 12.6. The van der Waals surface area contributed by atoms with Gasteiger partial charge in [0.15, 0.2) is 6.10 Å². The first-order chi connectivity index (χ1) is 10.9. The van der Waals surface area contributed by atoms with E-state index in [1.54, 1.807) is 12.1 Å². The Morgan fingerprint density at radius 3 is 2.74 bits per heavy atom. The van der Waals surface area contributed by atoms with Crippen LogP contribution in [0.5, 0.6) is 0 Å². The van der Waals surface area contributed by atoms with Gasteiger partial charge < -0.3 is 15.2 Å². The molecular formula is C16H16ClNO4S. The number of aliphatic carboxylic acids is 1. The maximum absolute atomic E-state index is 12.2. The Morgan fingerprint density at radius 2 is 2.13 bits per heavy atom. The molecule has 0 aliphatic heterocycles. The van der Waals surface area contributed by atoms with Crippen molar-refractivity contribution in [2.75, 3.05) is 13.7 Å². The van der Waals surface area contributed by atoms with Crippen LogP contribution in [-0.4, -0.2) is 36.7 Å². The van der Waals surface area contributed by atoms with Gasteiger partial charge in [-0.1, -0.05) is 23.7 Å². The summed E-state index contributed by atoms with van der Waals surface area (Å²) in [5.74, 6) is -1.44. The van der Waals surface area contributed by atoms with E-state index < -0.39 is 12.1 Å². The van der Waals surface area contributed by atoms with Gasteiger partial charge in [-0.3, -0.25) is 4.79 Å². The average molecular weight is 354 g/mol. The van der Waals surface area contributed by atoms with Crippen LogP contribution in [0.4, 0.5) is 0 Å². The summed E-state index contributed by atoms with van der Waals surface area (Å²) in [7, 11) is 1.29. The van der Waals surface area contributed by atoms with E-state index in [9.17, 15) is 9.59 Å². The largest absolute Gasteiger partial charge is 0.479 e. The molecule has 1 unspecified atom stereocenters. The SMILES string of the molecule is COC(CNC(=O)c1cc(C)c(-c2cccc(Cl)c2)s1)C(=O)O. The highest BCUT2D eigenvalue weighted by Gasteiger charge is 2.19. The summed E-state index contributed by atoms with van der Waals surface area (Å²) in [5, 5.41) is 12.1. The van der Waals surface area contributed by atoms with Crippen LogP contribution in [0.15, 0.2) is 30.3 Å². The first kappa shape index (κ1) is 17.5. The van der Waals surface area contributed by atoms with Crippen LogP contribution < -0.4 is 5.32 Å². The lowest BCUT2D eigenvalue weighted by Crippen LogP contribution is -2.37. The molecule has 23 heavy (non-hydrogen) atoms. The monoisotopic (exact) mass is 353 g/mol. The molecule has 0 fully saturated rings. The van der Waals surface area contributed by atoms with Crippen LogP contribution in [-0.2, 0) is 9.53 Å². The molecule has 2 aromatic rings. The fourth-order valence-electron chi connectivity index (χ4n) is 2.05. The zero-order chi connectivity index (χ0) is 17.0. The molecule has 1 aromatic carbocycles. The number of ether oxygens (including phenoxy) is 1. The second kappa shape index (κ2) is 7.59. The second-order valence-electron chi connectivity index (χ2n) is 4.91. The third kappa shape index (κ3) is 4.31. The molecule has 0 aliphatic rings. The maximum Gasteiger partial charge on any atom is 0.334 e. The Kier molecular flexibility index (Phi) is 5.76. The van der Waals surface area contributed by atoms with E-state index in [0.717, 1.165) is 16.0 Å². The Balaban J connectivity index is 2.14. The molecule has 7 heteroatoms. The van der Waals surface area contributed by atoms with Crippen LogP contribution >= 0.6 is 22.9 Å². The summed E-state index contributed by atoms with van der Waals surface area (Å²) in [6.45, 7) is 1.83. The molecule has 0 bridgehead atoms. The summed E-state index contributed by atoms with van der Waals surface area (Å²) in [6, 6.07) is 9.19. The van der Waals surface area contributed by atoms with Crippen LogP contribution in [0.25, 0.3) is 10.4 Å². The van der Waals surface area contributed by atoms with Crippen molar-refractivity contribution in [2.24, 2.45) is 0 Å². The minimum absolute atomic E-state index is 0.0892. The number of halogens is 1. The topological polar surface area (TPSA) is 75.6 Å². The predicted molar refractivity (Wildman–Crippen MR) is 90.3 cm³/mol. The van der Waals surface area contributed by atoms with Gasteiger partial charge in [0.05, 0.1) is 11.4 Å². The average Bonchev–Trinajstić information content (AvgIpc) is 2.89. The predicted octanol–water partition coefficient (Wildman–Crippen LogP) is 3.21. The number of hydrogen-bond acceptors (Lipinski definition) is 4. The molecule has 0 spiro atoms. The molecule has 2 N–H and O–H groups in total. The zero-order valence-corrected chi connectivity index (χ0v) is 14.2. The minimum atomic E-state index is -1.12. The van der Waals surface area contributed by atoms with Crippen molar-refractivity contribution < 1.29 is 19.4 Å². The molecule has 1 aromatic heterocycles. The summed E-state index contributed by atoms with van der Waals surface area (Å²) < 4.78 is 4.78. The van der Waals surface area contributed by atoms with Crippen molar-refractivity contribution in [1.29, 1.82) is 0 Å². The number of benzene rings is 1. The highest BCUT2D eigenvalue weighted by molar-refractivity contribution is 7.17. The van der Waals surface area contributed by atoms with Crippen molar-refractivity contribution in [3.05, 3.63) is 45.8 Å². The number of carbonyl (C=O) groups is 2. The highest BCUT2D eigenvalue weighted by atomic mass is 35.5. The van der Waals surface area contributed by atoms with E-state index in [4.69, 9.17) is 21.4 Å². The Hall–Kier alpha value is -1.89. The smallest absolute Gasteiger partial charge is 0.334 e. The van der Waals surface area contributed by atoms with Crippen molar-refractivity contribution in [1.82, 2.24) is 5.32 Å². The van der Waals surface area contributed by atoms with Crippen LogP contribution in [0.3, 0.4) is 0 Å². The fourth-order valence-corrected chi connectivity index (χ4v) is 3.33. The number of aryl methyl sites for hydroxylation is 1. The second-order valence-corrected chi connectivity index (χ2v) is 6.39. The van der Waals surface area contributed by atoms with E-state index in [-0.39, 0.29) is 12.5 Å². The molecule has 0 aliphatic carbocycles. The van der Waals surface area contributed by atoms with Gasteiger partial charge in [0.2, 0.25) is 0 Å². The number of rotatable bonds is 6. The molecule has 1 amide bonds. The molecular weight excluding hydrogens is 338 g/mol. The number of carboxylic acids is 1. The Morgan fingerprint density at radius 1 is 1.39 bits per heavy atom. The number of hydrogen-bond donors (Lipinski definition) is 2. The number of carboxylic acid groups (broad SMARTS) is 1. The van der Waals surface area contributed by atoms with Crippen molar-refractivity contribution in [3.8, 4) is 10.4 Å². The van der Waals surface area contributed by atoms with Gasteiger partial charge in [-0.25, -0.2) is 4.79 Å². The van der Waals surface area contributed by atoms with Gasteiger partial charge in [-0.15, -0.1) is 11.3 Å². The number of thiophene rings is 1. The molecule has 2 rings (SSSR count). The minimum Gasteiger partial charge on any atom is -0.479 e. The van der Waals surface area contributed by atoms with Crippen LogP contribution in [0.1, 0.15) is 15.2 Å². The van der Waals surface area contributed by atoms with E-state index in [2.05, 4.69) is 5.32 Å².